The van der Waals surface area contributed by atoms with Gasteiger partial charge in [0.15, 0.2) is 0 Å². The van der Waals surface area contributed by atoms with Crippen molar-refractivity contribution in [2.24, 2.45) is 0 Å². The highest BCUT2D eigenvalue weighted by Gasteiger charge is 2.11. The summed E-state index contributed by atoms with van der Waals surface area (Å²) in [5.41, 5.74) is 4.37. The molecule has 0 aromatic heterocycles. The van der Waals surface area contributed by atoms with Crippen LogP contribution in [-0.2, 0) is 6.42 Å². The molecule has 0 fully saturated rings. The highest BCUT2D eigenvalue weighted by atomic mass is 35.5. The highest BCUT2D eigenvalue weighted by molar-refractivity contribution is 6.30. The minimum Gasteiger partial charge on any atom is -0.384 e. The van der Waals surface area contributed by atoms with Crippen LogP contribution in [0, 0.1) is 5.82 Å². The van der Waals surface area contributed by atoms with E-state index in [2.05, 4.69) is 11.4 Å². The predicted molar refractivity (Wildman–Crippen MR) is 69.0 cm³/mol. The molecule has 1 N–H and O–H groups in total. The van der Waals surface area contributed by atoms with Crippen LogP contribution in [0.4, 0.5) is 10.1 Å². The van der Waals surface area contributed by atoms with E-state index in [1.54, 1.807) is 6.07 Å². The average Bonchev–Trinajstić information content (AvgIpc) is 2.79. The monoisotopic (exact) mass is 247 g/mol. The van der Waals surface area contributed by atoms with Crippen molar-refractivity contribution in [2.75, 3.05) is 11.9 Å². The van der Waals surface area contributed by atoms with Gasteiger partial charge in [-0.1, -0.05) is 23.7 Å². The van der Waals surface area contributed by atoms with E-state index in [9.17, 15) is 4.39 Å². The molecule has 0 radical (unpaired) electrons. The van der Waals surface area contributed by atoms with Crippen molar-refractivity contribution in [3.8, 4) is 11.1 Å². The van der Waals surface area contributed by atoms with Crippen molar-refractivity contribution in [1.82, 2.24) is 0 Å². The predicted octanol–water partition coefficient (Wildman–Crippen LogP) is 4.11. The van der Waals surface area contributed by atoms with Gasteiger partial charge in [0.05, 0.1) is 5.02 Å². The normalized spacial score (nSPS) is 13.3. The Morgan fingerprint density at radius 3 is 2.65 bits per heavy atom. The van der Waals surface area contributed by atoms with Gasteiger partial charge in [0.25, 0.3) is 0 Å². The van der Waals surface area contributed by atoms with Crippen molar-refractivity contribution < 1.29 is 4.39 Å². The van der Waals surface area contributed by atoms with Crippen LogP contribution in [0.5, 0.6) is 0 Å². The Kier molecular flexibility index (Phi) is 2.52. The van der Waals surface area contributed by atoms with Crippen LogP contribution >= 0.6 is 11.6 Å². The molecule has 2 aromatic carbocycles. The van der Waals surface area contributed by atoms with Gasteiger partial charge in [0.2, 0.25) is 0 Å². The lowest BCUT2D eigenvalue weighted by atomic mass is 10.0. The van der Waals surface area contributed by atoms with Gasteiger partial charge in [-0.25, -0.2) is 4.39 Å². The number of benzene rings is 2. The van der Waals surface area contributed by atoms with Crippen molar-refractivity contribution in [3.05, 3.63) is 52.8 Å². The van der Waals surface area contributed by atoms with Crippen LogP contribution < -0.4 is 5.32 Å². The number of halogens is 2. The first-order valence-electron chi connectivity index (χ1n) is 5.56. The smallest absolute Gasteiger partial charge is 0.142 e. The van der Waals surface area contributed by atoms with Gasteiger partial charge < -0.3 is 5.32 Å². The second-order valence-corrected chi connectivity index (χ2v) is 4.58. The number of fused-ring (bicyclic) bond motifs is 1. The molecule has 17 heavy (non-hydrogen) atoms. The Hall–Kier alpha value is -1.54. The zero-order valence-electron chi connectivity index (χ0n) is 9.13. The SMILES string of the molecule is Fc1cc(-c2ccc3c(c2)CCN3)ccc1Cl. The molecule has 3 rings (SSSR count). The van der Waals surface area contributed by atoms with Gasteiger partial charge >= 0.3 is 0 Å². The largest absolute Gasteiger partial charge is 0.384 e. The maximum absolute atomic E-state index is 13.4. The van der Waals surface area contributed by atoms with E-state index < -0.39 is 0 Å². The van der Waals surface area contributed by atoms with Gasteiger partial charge in [-0.3, -0.25) is 0 Å². The van der Waals surface area contributed by atoms with Crippen molar-refractivity contribution in [1.29, 1.82) is 0 Å². The molecule has 0 amide bonds. The Morgan fingerprint density at radius 1 is 1.06 bits per heavy atom. The topological polar surface area (TPSA) is 12.0 Å². The maximum atomic E-state index is 13.4. The summed E-state index contributed by atoms with van der Waals surface area (Å²) < 4.78 is 13.4. The van der Waals surface area contributed by atoms with Crippen LogP contribution in [0.1, 0.15) is 5.56 Å². The fraction of sp³-hybridized carbons (Fsp3) is 0.143. The first-order valence-corrected chi connectivity index (χ1v) is 5.94. The standard InChI is InChI=1S/C14H11ClFN/c15-12-3-1-10(8-13(12)16)9-2-4-14-11(7-9)5-6-17-14/h1-4,7-8,17H,5-6H2. The van der Waals surface area contributed by atoms with Crippen molar-refractivity contribution >= 4 is 17.3 Å². The van der Waals surface area contributed by atoms with Gasteiger partial charge in [0, 0.05) is 12.2 Å². The summed E-state index contributed by atoms with van der Waals surface area (Å²) in [6.45, 7) is 0.980. The zero-order chi connectivity index (χ0) is 11.8. The Morgan fingerprint density at radius 2 is 1.82 bits per heavy atom. The van der Waals surface area contributed by atoms with E-state index in [4.69, 9.17) is 11.6 Å². The number of hydrogen-bond acceptors (Lipinski definition) is 1. The van der Waals surface area contributed by atoms with Gasteiger partial charge in [0.1, 0.15) is 5.82 Å². The van der Waals surface area contributed by atoms with E-state index in [0.717, 1.165) is 24.1 Å². The molecule has 0 unspecified atom stereocenters. The lowest BCUT2D eigenvalue weighted by Crippen LogP contribution is -1.90. The Labute approximate surface area is 104 Å². The summed E-state index contributed by atoms with van der Waals surface area (Å²) in [5, 5.41) is 3.47. The molecular weight excluding hydrogens is 237 g/mol. The third-order valence-electron chi connectivity index (χ3n) is 3.07. The summed E-state index contributed by atoms with van der Waals surface area (Å²) in [6, 6.07) is 11.1. The molecule has 0 atom stereocenters. The van der Waals surface area contributed by atoms with Gasteiger partial charge in [-0.15, -0.1) is 0 Å². The molecule has 0 spiro atoms. The first-order chi connectivity index (χ1) is 8.24. The molecule has 0 bridgehead atoms. The van der Waals surface area contributed by atoms with Crippen LogP contribution in [0.15, 0.2) is 36.4 Å². The van der Waals surface area contributed by atoms with Crippen molar-refractivity contribution in [2.45, 2.75) is 6.42 Å². The number of rotatable bonds is 1. The summed E-state index contributed by atoms with van der Waals surface area (Å²) in [7, 11) is 0. The van der Waals surface area contributed by atoms with E-state index >= 15 is 0 Å². The minimum atomic E-state index is -0.372. The summed E-state index contributed by atoms with van der Waals surface area (Å²) in [5.74, 6) is -0.372. The number of anilines is 1. The third kappa shape index (κ3) is 1.89. The zero-order valence-corrected chi connectivity index (χ0v) is 9.89. The lowest BCUT2D eigenvalue weighted by molar-refractivity contribution is 0.629. The van der Waals surface area contributed by atoms with Crippen LogP contribution in [0.3, 0.4) is 0 Å². The quantitative estimate of drug-likeness (QED) is 0.800. The molecule has 86 valence electrons. The molecule has 0 saturated heterocycles. The fourth-order valence-electron chi connectivity index (χ4n) is 2.16. The molecule has 2 aromatic rings. The minimum absolute atomic E-state index is 0.163. The molecule has 3 heteroatoms. The van der Waals surface area contributed by atoms with Crippen LogP contribution in [0.25, 0.3) is 11.1 Å². The molecule has 1 aliphatic heterocycles. The second kappa shape index (κ2) is 4.04. The average molecular weight is 248 g/mol. The molecular formula is C14H11ClFN. The number of nitrogens with one attached hydrogen (secondary N) is 1. The van der Waals surface area contributed by atoms with Gasteiger partial charge in [-0.2, -0.15) is 0 Å². The summed E-state index contributed by atoms with van der Waals surface area (Å²) >= 11 is 5.68. The summed E-state index contributed by atoms with van der Waals surface area (Å²) in [6.07, 6.45) is 1.03. The van der Waals surface area contributed by atoms with Crippen molar-refractivity contribution in [3.63, 3.8) is 0 Å². The highest BCUT2D eigenvalue weighted by Crippen LogP contribution is 2.30. The number of hydrogen-bond donors (Lipinski definition) is 1. The van der Waals surface area contributed by atoms with Gasteiger partial charge in [-0.05, 0) is 47.4 Å². The van der Waals surface area contributed by atoms with Crippen LogP contribution in [0.2, 0.25) is 5.02 Å². The molecule has 1 aliphatic rings. The second-order valence-electron chi connectivity index (χ2n) is 4.18. The Balaban J connectivity index is 2.06. The third-order valence-corrected chi connectivity index (χ3v) is 3.37. The van der Waals surface area contributed by atoms with E-state index in [-0.39, 0.29) is 10.8 Å². The van der Waals surface area contributed by atoms with Crippen LogP contribution in [-0.4, -0.2) is 6.54 Å². The lowest BCUT2D eigenvalue weighted by Gasteiger charge is -2.06. The molecule has 0 aliphatic carbocycles. The molecule has 1 heterocycles. The fourth-order valence-corrected chi connectivity index (χ4v) is 2.28. The molecule has 0 saturated carbocycles. The first kappa shape index (κ1) is 10.6. The van der Waals surface area contributed by atoms with E-state index in [1.165, 1.54) is 17.3 Å². The molecule has 1 nitrogen and oxygen atoms in total. The van der Waals surface area contributed by atoms with E-state index in [0.29, 0.717) is 0 Å². The van der Waals surface area contributed by atoms with E-state index in [1.807, 2.05) is 18.2 Å². The summed E-state index contributed by atoms with van der Waals surface area (Å²) in [4.78, 5) is 0. The Bertz CT molecular complexity index is 580. The maximum Gasteiger partial charge on any atom is 0.142 e.